The third-order valence-electron chi connectivity index (χ3n) is 2.56. The molecule has 0 aromatic heterocycles. The molecular weight excluding hydrogens is 226 g/mol. The zero-order valence-corrected chi connectivity index (χ0v) is 11.6. The van der Waals surface area contributed by atoms with Crippen LogP contribution in [0.2, 0.25) is 0 Å². The van der Waals surface area contributed by atoms with Crippen LogP contribution in [0.4, 0.5) is 11.4 Å². The molecule has 1 aromatic rings. The second kappa shape index (κ2) is 6.28. The Kier molecular flexibility index (Phi) is 5.01. The Labute approximate surface area is 109 Å². The van der Waals surface area contributed by atoms with Crippen LogP contribution >= 0.6 is 0 Å². The van der Waals surface area contributed by atoms with E-state index in [4.69, 9.17) is 5.73 Å². The topological polar surface area (TPSA) is 67.1 Å². The lowest BCUT2D eigenvalue weighted by atomic mass is 10.1. The molecule has 0 radical (unpaired) electrons. The molecule has 0 saturated heterocycles. The van der Waals surface area contributed by atoms with Crippen molar-refractivity contribution >= 4 is 17.3 Å². The van der Waals surface area contributed by atoms with Crippen LogP contribution in [0.5, 0.6) is 0 Å². The minimum Gasteiger partial charge on any atom is -0.399 e. The summed E-state index contributed by atoms with van der Waals surface area (Å²) in [5, 5.41) is 6.05. The number of nitrogen functional groups attached to an aromatic ring is 1. The van der Waals surface area contributed by atoms with E-state index in [1.807, 2.05) is 32.0 Å². The lowest BCUT2D eigenvalue weighted by Gasteiger charge is -2.17. The number of nitrogens with two attached hydrogens (primary N) is 1. The molecule has 4 N–H and O–H groups in total. The van der Waals surface area contributed by atoms with Gasteiger partial charge in [-0.2, -0.15) is 0 Å². The van der Waals surface area contributed by atoms with Gasteiger partial charge in [-0.1, -0.05) is 13.8 Å². The fourth-order valence-corrected chi connectivity index (χ4v) is 1.67. The van der Waals surface area contributed by atoms with Gasteiger partial charge in [-0.15, -0.1) is 0 Å². The van der Waals surface area contributed by atoms with Crippen molar-refractivity contribution in [1.82, 2.24) is 5.32 Å². The Bertz CT molecular complexity index is 395. The largest absolute Gasteiger partial charge is 0.399 e. The van der Waals surface area contributed by atoms with Crippen molar-refractivity contribution in [2.24, 2.45) is 5.92 Å². The van der Waals surface area contributed by atoms with E-state index in [9.17, 15) is 4.79 Å². The van der Waals surface area contributed by atoms with Gasteiger partial charge in [-0.25, -0.2) is 0 Å². The van der Waals surface area contributed by atoms with Gasteiger partial charge in [-0.05, 0) is 43.5 Å². The van der Waals surface area contributed by atoms with E-state index in [1.165, 1.54) is 0 Å². The fourth-order valence-electron chi connectivity index (χ4n) is 1.67. The van der Waals surface area contributed by atoms with E-state index in [0.29, 0.717) is 18.2 Å². The smallest absolute Gasteiger partial charge is 0.242 e. The van der Waals surface area contributed by atoms with Gasteiger partial charge >= 0.3 is 0 Å². The van der Waals surface area contributed by atoms with Crippen molar-refractivity contribution in [3.8, 4) is 0 Å². The molecule has 0 fully saturated rings. The van der Waals surface area contributed by atoms with Crippen LogP contribution in [0, 0.1) is 12.8 Å². The quantitative estimate of drug-likeness (QED) is 0.700. The average molecular weight is 249 g/mol. The SMILES string of the molecule is Cc1cc(N)cc(NC(C)C(=O)NCC(C)C)c1. The monoisotopic (exact) mass is 249 g/mol. The highest BCUT2D eigenvalue weighted by molar-refractivity contribution is 5.84. The molecule has 1 atom stereocenters. The van der Waals surface area contributed by atoms with E-state index in [0.717, 1.165) is 11.3 Å². The summed E-state index contributed by atoms with van der Waals surface area (Å²) in [5.41, 5.74) is 8.42. The summed E-state index contributed by atoms with van der Waals surface area (Å²) in [4.78, 5) is 11.8. The van der Waals surface area contributed by atoms with Crippen molar-refractivity contribution in [3.63, 3.8) is 0 Å². The van der Waals surface area contributed by atoms with E-state index in [-0.39, 0.29) is 11.9 Å². The molecule has 1 amide bonds. The van der Waals surface area contributed by atoms with Crippen molar-refractivity contribution in [1.29, 1.82) is 0 Å². The molecule has 0 aliphatic rings. The van der Waals surface area contributed by atoms with Gasteiger partial charge in [0, 0.05) is 17.9 Å². The summed E-state index contributed by atoms with van der Waals surface area (Å²) in [6, 6.07) is 5.43. The molecule has 0 bridgehead atoms. The Balaban J connectivity index is 2.58. The third-order valence-corrected chi connectivity index (χ3v) is 2.56. The van der Waals surface area contributed by atoms with Gasteiger partial charge in [0.15, 0.2) is 0 Å². The van der Waals surface area contributed by atoms with Gasteiger partial charge in [-0.3, -0.25) is 4.79 Å². The second-order valence-corrected chi connectivity index (χ2v) is 5.14. The summed E-state index contributed by atoms with van der Waals surface area (Å²) in [6.45, 7) is 8.65. The van der Waals surface area contributed by atoms with Gasteiger partial charge in [0.05, 0.1) is 0 Å². The molecule has 1 unspecified atom stereocenters. The first-order valence-corrected chi connectivity index (χ1v) is 6.30. The van der Waals surface area contributed by atoms with E-state index in [1.54, 1.807) is 0 Å². The first-order chi connectivity index (χ1) is 8.38. The second-order valence-electron chi connectivity index (χ2n) is 5.14. The molecule has 4 heteroatoms. The van der Waals surface area contributed by atoms with Crippen LogP contribution in [0.1, 0.15) is 26.3 Å². The van der Waals surface area contributed by atoms with E-state index in [2.05, 4.69) is 24.5 Å². The molecule has 0 aliphatic carbocycles. The molecule has 0 heterocycles. The lowest BCUT2D eigenvalue weighted by molar-refractivity contribution is -0.121. The Morgan fingerprint density at radius 3 is 2.50 bits per heavy atom. The number of benzene rings is 1. The maximum atomic E-state index is 11.8. The molecule has 1 aromatic carbocycles. The number of carbonyl (C=O) groups is 1. The van der Waals surface area contributed by atoms with E-state index >= 15 is 0 Å². The summed E-state index contributed by atoms with van der Waals surface area (Å²) in [6.07, 6.45) is 0. The molecule has 0 saturated carbocycles. The molecule has 1 rings (SSSR count). The predicted octanol–water partition coefficient (Wildman–Crippen LogP) is 2.15. The normalized spacial score (nSPS) is 12.3. The molecule has 0 aliphatic heterocycles. The zero-order valence-electron chi connectivity index (χ0n) is 11.6. The number of anilines is 2. The maximum Gasteiger partial charge on any atom is 0.242 e. The average Bonchev–Trinajstić information content (AvgIpc) is 2.24. The van der Waals surface area contributed by atoms with Crippen LogP contribution in [0.3, 0.4) is 0 Å². The Hall–Kier alpha value is -1.71. The first kappa shape index (κ1) is 14.4. The minimum absolute atomic E-state index is 0.00350. The maximum absolute atomic E-state index is 11.8. The van der Waals surface area contributed by atoms with Crippen molar-refractivity contribution in [2.75, 3.05) is 17.6 Å². The molecule has 0 spiro atoms. The van der Waals surface area contributed by atoms with Gasteiger partial charge in [0.2, 0.25) is 5.91 Å². The van der Waals surface area contributed by atoms with Crippen molar-refractivity contribution in [2.45, 2.75) is 33.7 Å². The highest BCUT2D eigenvalue weighted by Crippen LogP contribution is 2.16. The highest BCUT2D eigenvalue weighted by Gasteiger charge is 2.12. The van der Waals surface area contributed by atoms with Crippen LogP contribution in [-0.2, 0) is 4.79 Å². The van der Waals surface area contributed by atoms with Crippen molar-refractivity contribution in [3.05, 3.63) is 23.8 Å². The molecule has 100 valence electrons. The molecular formula is C14H23N3O. The number of nitrogens with one attached hydrogen (secondary N) is 2. The van der Waals surface area contributed by atoms with Gasteiger partial charge < -0.3 is 16.4 Å². The van der Waals surface area contributed by atoms with Gasteiger partial charge in [0.1, 0.15) is 6.04 Å². The van der Waals surface area contributed by atoms with Crippen molar-refractivity contribution < 1.29 is 4.79 Å². The third kappa shape index (κ3) is 4.65. The first-order valence-electron chi connectivity index (χ1n) is 6.30. The number of rotatable bonds is 5. The summed E-state index contributed by atoms with van der Waals surface area (Å²) < 4.78 is 0. The summed E-state index contributed by atoms with van der Waals surface area (Å²) >= 11 is 0. The fraction of sp³-hybridized carbons (Fsp3) is 0.500. The Morgan fingerprint density at radius 2 is 1.94 bits per heavy atom. The van der Waals surface area contributed by atoms with Gasteiger partial charge in [0.25, 0.3) is 0 Å². The van der Waals surface area contributed by atoms with E-state index < -0.39 is 0 Å². The number of hydrogen-bond donors (Lipinski definition) is 3. The lowest BCUT2D eigenvalue weighted by Crippen LogP contribution is -2.39. The van der Waals surface area contributed by atoms with Crippen LogP contribution < -0.4 is 16.4 Å². The zero-order chi connectivity index (χ0) is 13.7. The number of amides is 1. The van der Waals surface area contributed by atoms with Crippen LogP contribution in [0.25, 0.3) is 0 Å². The molecule has 18 heavy (non-hydrogen) atoms. The van der Waals surface area contributed by atoms with Crippen LogP contribution in [-0.4, -0.2) is 18.5 Å². The Morgan fingerprint density at radius 1 is 1.28 bits per heavy atom. The predicted molar refractivity (Wildman–Crippen MR) is 76.5 cm³/mol. The summed E-state index contributed by atoms with van der Waals surface area (Å²) in [7, 11) is 0. The molecule has 4 nitrogen and oxygen atoms in total. The van der Waals surface area contributed by atoms with Crippen LogP contribution in [0.15, 0.2) is 18.2 Å². The summed E-state index contributed by atoms with van der Waals surface area (Å²) in [5.74, 6) is 0.458. The standard InChI is InChI=1S/C14H23N3O/c1-9(2)8-16-14(18)11(4)17-13-6-10(3)5-12(15)7-13/h5-7,9,11,17H,8,15H2,1-4H3,(H,16,18). The number of hydrogen-bond acceptors (Lipinski definition) is 3. The minimum atomic E-state index is -0.273. The number of carbonyl (C=O) groups excluding carboxylic acids is 1. The highest BCUT2D eigenvalue weighted by atomic mass is 16.2. The number of aryl methyl sites for hydroxylation is 1.